The minimum Gasteiger partial charge on any atom is -0.327 e. The molecule has 1 atom stereocenters. The summed E-state index contributed by atoms with van der Waals surface area (Å²) in [5, 5.41) is 0. The van der Waals surface area contributed by atoms with Gasteiger partial charge in [-0.2, -0.15) is 0 Å². The summed E-state index contributed by atoms with van der Waals surface area (Å²) in [6, 6.07) is 11.3. The van der Waals surface area contributed by atoms with Crippen molar-refractivity contribution in [2.24, 2.45) is 5.73 Å². The molecule has 0 aliphatic carbocycles. The molecule has 106 valence electrons. The molecule has 0 spiro atoms. The number of rotatable bonds is 5. The molecular formula is C15H14BrF2NS. The molecule has 1 nitrogen and oxygen atoms in total. The summed E-state index contributed by atoms with van der Waals surface area (Å²) in [5.41, 5.74) is 6.60. The van der Waals surface area contributed by atoms with Crippen molar-refractivity contribution >= 4 is 27.7 Å². The smallest absolute Gasteiger partial charge is 0.126 e. The highest BCUT2D eigenvalue weighted by atomic mass is 79.9. The molecule has 5 heteroatoms. The lowest BCUT2D eigenvalue weighted by Gasteiger charge is -2.11. The maximum atomic E-state index is 13.1. The first kappa shape index (κ1) is 15.5. The number of nitrogens with two attached hydrogens (primary N) is 1. The average Bonchev–Trinajstić information content (AvgIpc) is 2.35. The van der Waals surface area contributed by atoms with Crippen LogP contribution in [0.2, 0.25) is 0 Å². The Bertz CT molecular complexity index is 572. The van der Waals surface area contributed by atoms with Gasteiger partial charge in [0.15, 0.2) is 0 Å². The summed E-state index contributed by atoms with van der Waals surface area (Å²) < 4.78 is 27.2. The second-order valence-corrected chi connectivity index (χ2v) is 6.52. The Morgan fingerprint density at radius 1 is 1.10 bits per heavy atom. The van der Waals surface area contributed by atoms with Gasteiger partial charge in [-0.3, -0.25) is 0 Å². The molecule has 20 heavy (non-hydrogen) atoms. The second-order valence-electron chi connectivity index (χ2n) is 4.51. The Balaban J connectivity index is 1.90. The highest BCUT2D eigenvalue weighted by Gasteiger charge is 2.08. The second kappa shape index (κ2) is 7.20. The van der Waals surface area contributed by atoms with Crippen LogP contribution in [0.1, 0.15) is 5.56 Å². The molecule has 1 unspecified atom stereocenters. The Morgan fingerprint density at radius 2 is 1.80 bits per heavy atom. The van der Waals surface area contributed by atoms with Crippen molar-refractivity contribution < 1.29 is 8.78 Å². The summed E-state index contributed by atoms with van der Waals surface area (Å²) >= 11 is 5.04. The van der Waals surface area contributed by atoms with Crippen LogP contribution in [-0.4, -0.2) is 11.8 Å². The first-order chi connectivity index (χ1) is 9.52. The molecule has 2 aromatic carbocycles. The normalized spacial score (nSPS) is 12.4. The topological polar surface area (TPSA) is 26.0 Å². The summed E-state index contributed by atoms with van der Waals surface area (Å²) in [5.74, 6) is -0.437. The van der Waals surface area contributed by atoms with E-state index in [-0.39, 0.29) is 6.04 Å². The van der Waals surface area contributed by atoms with Crippen LogP contribution in [0.25, 0.3) is 0 Å². The van der Waals surface area contributed by atoms with Crippen LogP contribution >= 0.6 is 27.7 Å². The zero-order valence-corrected chi connectivity index (χ0v) is 13.1. The lowest BCUT2D eigenvalue weighted by atomic mass is 10.1. The van der Waals surface area contributed by atoms with Crippen molar-refractivity contribution in [2.75, 3.05) is 5.75 Å². The molecule has 2 aromatic rings. The monoisotopic (exact) mass is 357 g/mol. The van der Waals surface area contributed by atoms with E-state index in [0.717, 1.165) is 15.4 Å². The maximum absolute atomic E-state index is 13.1. The predicted molar refractivity (Wildman–Crippen MR) is 82.9 cm³/mol. The van der Waals surface area contributed by atoms with Gasteiger partial charge in [0.1, 0.15) is 11.6 Å². The lowest BCUT2D eigenvalue weighted by Crippen LogP contribution is -2.25. The first-order valence-corrected chi connectivity index (χ1v) is 7.90. The van der Waals surface area contributed by atoms with Crippen molar-refractivity contribution in [1.29, 1.82) is 0 Å². The van der Waals surface area contributed by atoms with Gasteiger partial charge in [0.25, 0.3) is 0 Å². The van der Waals surface area contributed by atoms with Crippen LogP contribution in [0.15, 0.2) is 51.8 Å². The van der Waals surface area contributed by atoms with Gasteiger partial charge in [0.05, 0.1) is 0 Å². The number of halogens is 3. The molecule has 0 saturated carbocycles. The van der Waals surface area contributed by atoms with E-state index < -0.39 is 11.6 Å². The fraction of sp³-hybridized carbons (Fsp3) is 0.200. The molecule has 2 rings (SSSR count). The highest BCUT2D eigenvalue weighted by Crippen LogP contribution is 2.23. The molecular weight excluding hydrogens is 344 g/mol. The molecule has 0 aromatic heterocycles. The van der Waals surface area contributed by atoms with Crippen molar-refractivity contribution in [3.05, 3.63) is 64.1 Å². The zero-order valence-electron chi connectivity index (χ0n) is 10.7. The molecule has 0 bridgehead atoms. The van der Waals surface area contributed by atoms with E-state index in [4.69, 9.17) is 5.73 Å². The summed E-state index contributed by atoms with van der Waals surface area (Å²) in [6.45, 7) is 0. The first-order valence-electron chi connectivity index (χ1n) is 6.12. The molecule has 0 amide bonds. The van der Waals surface area contributed by atoms with Crippen LogP contribution in [0.5, 0.6) is 0 Å². The lowest BCUT2D eigenvalue weighted by molar-refractivity contribution is 0.577. The fourth-order valence-electron chi connectivity index (χ4n) is 1.85. The van der Waals surface area contributed by atoms with Gasteiger partial charge < -0.3 is 5.73 Å². The van der Waals surface area contributed by atoms with Gasteiger partial charge >= 0.3 is 0 Å². The van der Waals surface area contributed by atoms with E-state index in [1.54, 1.807) is 11.8 Å². The Labute approximate surface area is 129 Å². The van der Waals surface area contributed by atoms with Gasteiger partial charge in [0, 0.05) is 27.2 Å². The molecule has 0 saturated heterocycles. The molecule has 0 aliphatic heterocycles. The van der Waals surface area contributed by atoms with Gasteiger partial charge in [0.2, 0.25) is 0 Å². The number of thioether (sulfide) groups is 1. The third-order valence-corrected chi connectivity index (χ3v) is 4.36. The van der Waals surface area contributed by atoms with Crippen molar-refractivity contribution in [3.8, 4) is 0 Å². The SMILES string of the molecule is NC(CSc1cccc(Br)c1)Cc1cc(F)cc(F)c1. The number of hydrogen-bond acceptors (Lipinski definition) is 2. The van der Waals surface area contributed by atoms with Gasteiger partial charge in [-0.1, -0.05) is 22.0 Å². The molecule has 0 aliphatic rings. The van der Waals surface area contributed by atoms with Crippen molar-refractivity contribution in [1.82, 2.24) is 0 Å². The van der Waals surface area contributed by atoms with E-state index in [1.807, 2.05) is 24.3 Å². The van der Waals surface area contributed by atoms with E-state index in [9.17, 15) is 8.78 Å². The largest absolute Gasteiger partial charge is 0.327 e. The molecule has 0 radical (unpaired) electrons. The van der Waals surface area contributed by atoms with E-state index in [0.29, 0.717) is 17.7 Å². The molecule has 2 N–H and O–H groups in total. The molecule has 0 heterocycles. The Hall–Kier alpha value is -0.910. The van der Waals surface area contributed by atoms with Gasteiger partial charge in [-0.05, 0) is 42.3 Å². The number of hydrogen-bond donors (Lipinski definition) is 1. The quantitative estimate of drug-likeness (QED) is 0.803. The molecule has 0 fully saturated rings. The summed E-state index contributed by atoms with van der Waals surface area (Å²) in [4.78, 5) is 1.11. The average molecular weight is 358 g/mol. The van der Waals surface area contributed by atoms with E-state index in [1.165, 1.54) is 12.1 Å². The highest BCUT2D eigenvalue weighted by molar-refractivity contribution is 9.10. The third-order valence-electron chi connectivity index (χ3n) is 2.68. The van der Waals surface area contributed by atoms with Gasteiger partial charge in [-0.25, -0.2) is 8.78 Å². The van der Waals surface area contributed by atoms with Crippen LogP contribution in [0.4, 0.5) is 8.78 Å². The van der Waals surface area contributed by atoms with Gasteiger partial charge in [-0.15, -0.1) is 11.8 Å². The fourth-order valence-corrected chi connectivity index (χ4v) is 3.31. The van der Waals surface area contributed by atoms with Crippen LogP contribution in [0, 0.1) is 11.6 Å². The maximum Gasteiger partial charge on any atom is 0.126 e. The van der Waals surface area contributed by atoms with E-state index >= 15 is 0 Å². The Kier molecular flexibility index (Phi) is 5.57. The number of benzene rings is 2. The van der Waals surface area contributed by atoms with Crippen LogP contribution in [-0.2, 0) is 6.42 Å². The summed E-state index contributed by atoms with van der Waals surface area (Å²) in [6.07, 6.45) is 0.454. The minimum atomic E-state index is -0.563. The van der Waals surface area contributed by atoms with E-state index in [2.05, 4.69) is 15.9 Å². The van der Waals surface area contributed by atoms with Crippen LogP contribution < -0.4 is 5.73 Å². The zero-order chi connectivity index (χ0) is 14.5. The standard InChI is InChI=1S/C15H14BrF2NS/c16-11-2-1-3-15(7-11)20-9-14(19)6-10-4-12(17)8-13(18)5-10/h1-5,7-8,14H,6,9,19H2. The third kappa shape index (κ3) is 4.89. The Morgan fingerprint density at radius 3 is 2.45 bits per heavy atom. The van der Waals surface area contributed by atoms with Crippen molar-refractivity contribution in [2.45, 2.75) is 17.4 Å². The predicted octanol–water partition coefficient (Wildman–Crippen LogP) is 4.39. The van der Waals surface area contributed by atoms with Crippen molar-refractivity contribution in [3.63, 3.8) is 0 Å². The summed E-state index contributed by atoms with van der Waals surface area (Å²) in [7, 11) is 0. The van der Waals surface area contributed by atoms with Crippen LogP contribution in [0.3, 0.4) is 0 Å². The minimum absolute atomic E-state index is 0.153.